The Morgan fingerprint density at radius 1 is 1.46 bits per heavy atom. The lowest BCUT2D eigenvalue weighted by molar-refractivity contribution is 0.932. The van der Waals surface area contributed by atoms with Crippen LogP contribution in [0.4, 0.5) is 5.82 Å². The van der Waals surface area contributed by atoms with Gasteiger partial charge in [-0.3, -0.25) is 5.53 Å². The van der Waals surface area contributed by atoms with E-state index in [1.807, 2.05) is 30.8 Å². The van der Waals surface area contributed by atoms with E-state index < -0.39 is 0 Å². The second-order valence-electron chi connectivity index (χ2n) is 3.14. The number of nitrogen functional groups attached to an aromatic ring is 2. The molecule has 70 valence electrons. The number of rotatable bonds is 1. The van der Waals surface area contributed by atoms with E-state index in [0.29, 0.717) is 5.82 Å². The molecule has 13 heavy (non-hydrogen) atoms. The molecule has 0 amide bonds. The molecule has 2 aromatic heterocycles. The maximum Gasteiger partial charge on any atom is 0.129 e. The molecule has 5 heteroatoms. The van der Waals surface area contributed by atoms with Crippen LogP contribution in [0.25, 0.3) is 11.0 Å². The third kappa shape index (κ3) is 0.844. The lowest BCUT2D eigenvalue weighted by Gasteiger charge is -2.03. The Morgan fingerprint density at radius 2 is 2.15 bits per heavy atom. The van der Waals surface area contributed by atoms with Gasteiger partial charge in [0, 0.05) is 18.8 Å². The Kier molecular flexibility index (Phi) is 1.50. The van der Waals surface area contributed by atoms with Crippen LogP contribution in [0.15, 0.2) is 12.3 Å². The molecule has 0 spiro atoms. The molecule has 0 aromatic carbocycles. The van der Waals surface area contributed by atoms with Crippen molar-refractivity contribution in [3.63, 3.8) is 0 Å². The van der Waals surface area contributed by atoms with E-state index in [4.69, 9.17) is 11.6 Å². The average molecular weight is 179 g/mol. The van der Waals surface area contributed by atoms with Crippen LogP contribution in [0.2, 0.25) is 0 Å². The van der Waals surface area contributed by atoms with E-state index in [1.165, 1.54) is 0 Å². The fourth-order valence-corrected chi connectivity index (χ4v) is 1.71. The van der Waals surface area contributed by atoms with E-state index in [9.17, 15) is 0 Å². The fourth-order valence-electron chi connectivity index (χ4n) is 1.71. The van der Waals surface area contributed by atoms with Gasteiger partial charge in [-0.1, -0.05) is 0 Å². The van der Waals surface area contributed by atoms with Crippen molar-refractivity contribution in [1.82, 2.24) is 9.24 Å². The number of nitrogens with two attached hydrogens (primary N) is 2. The van der Waals surface area contributed by atoms with Gasteiger partial charge in [-0.05, 0) is 13.0 Å². The van der Waals surface area contributed by atoms with Crippen molar-refractivity contribution in [3.8, 4) is 0 Å². The first kappa shape index (κ1) is 8.00. The normalized spacial score (nSPS) is 11.0. The molecule has 0 aliphatic carbocycles. The summed E-state index contributed by atoms with van der Waals surface area (Å²) in [5.41, 5.74) is 11.5. The molecule has 5 N–H and O–H groups in total. The molecule has 0 radical (unpaired) electrons. The summed E-state index contributed by atoms with van der Waals surface area (Å²) in [4.78, 5) is 0. The number of hydrogen-bond donors (Lipinski definition) is 3. The van der Waals surface area contributed by atoms with E-state index >= 15 is 0 Å². The van der Waals surface area contributed by atoms with Crippen molar-refractivity contribution in [2.24, 2.45) is 12.9 Å². The monoisotopic (exact) mass is 179 g/mol. The maximum atomic E-state index is 5.85. The lowest BCUT2D eigenvalue weighted by Crippen LogP contribution is -2.22. The van der Waals surface area contributed by atoms with Crippen LogP contribution in [0, 0.1) is 6.92 Å². The van der Waals surface area contributed by atoms with Gasteiger partial charge in [-0.25, -0.2) is 10.5 Å². The van der Waals surface area contributed by atoms with Gasteiger partial charge in [0.25, 0.3) is 0 Å². The van der Waals surface area contributed by atoms with Gasteiger partial charge in [0.2, 0.25) is 0 Å². The van der Waals surface area contributed by atoms with Gasteiger partial charge < -0.3 is 10.3 Å². The first-order valence-corrected chi connectivity index (χ1v) is 4.05. The molecule has 5 nitrogen and oxygen atoms in total. The van der Waals surface area contributed by atoms with E-state index in [0.717, 1.165) is 16.6 Å². The van der Waals surface area contributed by atoms with Crippen molar-refractivity contribution in [2.45, 2.75) is 6.92 Å². The zero-order valence-electron chi connectivity index (χ0n) is 7.70. The Hall–Kier alpha value is -1.62. The van der Waals surface area contributed by atoms with Crippen LogP contribution in [-0.2, 0) is 7.05 Å². The maximum absolute atomic E-state index is 5.85. The van der Waals surface area contributed by atoms with Crippen LogP contribution < -0.4 is 17.1 Å². The Bertz CT molecular complexity index is 450. The third-order valence-electron chi connectivity index (χ3n) is 2.40. The van der Waals surface area contributed by atoms with E-state index in [2.05, 4.69) is 5.53 Å². The highest BCUT2D eigenvalue weighted by Crippen LogP contribution is 2.26. The standard InChI is InChI=1S/C8H13N5/c1-5-7-6(3-4-12(7)2)13(11-10)8(5)9/h3-4,11H,9-10H2,1-2H3. The van der Waals surface area contributed by atoms with Crippen molar-refractivity contribution in [3.05, 3.63) is 17.8 Å². The predicted octanol–water partition coefficient (Wildman–Crippen LogP) is 0.288. The van der Waals surface area contributed by atoms with Crippen LogP contribution in [0.3, 0.4) is 0 Å². The van der Waals surface area contributed by atoms with Gasteiger partial charge >= 0.3 is 0 Å². The van der Waals surface area contributed by atoms with Gasteiger partial charge in [0.05, 0.1) is 11.0 Å². The number of aryl methyl sites for hydroxylation is 2. The van der Waals surface area contributed by atoms with Gasteiger partial charge in [-0.15, -0.1) is 0 Å². The Balaban J connectivity index is 2.91. The summed E-state index contributed by atoms with van der Waals surface area (Å²) in [6.45, 7) is 1.98. The number of hydrogen-bond acceptors (Lipinski definition) is 3. The highest BCUT2D eigenvalue weighted by atomic mass is 15.6. The molecule has 0 atom stereocenters. The minimum atomic E-state index is 0.656. The highest BCUT2D eigenvalue weighted by Gasteiger charge is 2.12. The number of nitrogens with zero attached hydrogens (tertiary/aromatic N) is 2. The Morgan fingerprint density at radius 3 is 2.77 bits per heavy atom. The SMILES string of the molecule is Cc1c(N)n(NN)c2ccn(C)c12. The summed E-state index contributed by atoms with van der Waals surface area (Å²) >= 11 is 0. The minimum Gasteiger partial charge on any atom is -0.383 e. The van der Waals surface area contributed by atoms with Crippen molar-refractivity contribution >= 4 is 16.9 Å². The van der Waals surface area contributed by atoms with Crippen LogP contribution in [0.1, 0.15) is 5.56 Å². The summed E-state index contributed by atoms with van der Waals surface area (Å²) in [6, 6.07) is 1.97. The average Bonchev–Trinajstić information content (AvgIpc) is 2.57. The largest absolute Gasteiger partial charge is 0.383 e. The van der Waals surface area contributed by atoms with E-state index in [-0.39, 0.29) is 0 Å². The molecule has 0 unspecified atom stereocenters. The zero-order chi connectivity index (χ0) is 9.59. The number of aromatic nitrogens is 2. The molecule has 2 heterocycles. The summed E-state index contributed by atoms with van der Waals surface area (Å²) in [5.74, 6) is 6.02. The van der Waals surface area contributed by atoms with Crippen LogP contribution >= 0.6 is 0 Å². The first-order chi connectivity index (χ1) is 6.16. The molecule has 2 rings (SSSR count). The Labute approximate surface area is 75.9 Å². The summed E-state index contributed by atoms with van der Waals surface area (Å²) in [5, 5.41) is 0. The first-order valence-electron chi connectivity index (χ1n) is 4.05. The molecular formula is C8H13N5. The summed E-state index contributed by atoms with van der Waals surface area (Å²) in [6.07, 6.45) is 1.98. The van der Waals surface area contributed by atoms with Gasteiger partial charge in [-0.2, -0.15) is 0 Å². The third-order valence-corrected chi connectivity index (χ3v) is 2.40. The number of hydrazine groups is 1. The van der Waals surface area contributed by atoms with E-state index in [1.54, 1.807) is 4.68 Å². The van der Waals surface area contributed by atoms with Crippen LogP contribution in [0.5, 0.6) is 0 Å². The summed E-state index contributed by atoms with van der Waals surface area (Å²) < 4.78 is 3.69. The smallest absolute Gasteiger partial charge is 0.129 e. The minimum absolute atomic E-state index is 0.656. The second kappa shape index (κ2) is 2.43. The van der Waals surface area contributed by atoms with Crippen LogP contribution in [-0.4, -0.2) is 9.24 Å². The van der Waals surface area contributed by atoms with Crippen molar-refractivity contribution in [1.29, 1.82) is 0 Å². The predicted molar refractivity (Wildman–Crippen MR) is 53.6 cm³/mol. The topological polar surface area (TPSA) is 73.9 Å². The second-order valence-corrected chi connectivity index (χ2v) is 3.14. The number of fused-ring (bicyclic) bond motifs is 1. The fraction of sp³-hybridized carbons (Fsp3) is 0.250. The number of nitrogens with one attached hydrogen (secondary N) is 1. The lowest BCUT2D eigenvalue weighted by atomic mass is 10.3. The molecule has 2 aromatic rings. The van der Waals surface area contributed by atoms with Crippen molar-refractivity contribution < 1.29 is 0 Å². The van der Waals surface area contributed by atoms with Gasteiger partial charge in [0.15, 0.2) is 0 Å². The molecule has 0 saturated heterocycles. The zero-order valence-corrected chi connectivity index (χ0v) is 7.70. The number of anilines is 1. The molecular weight excluding hydrogens is 166 g/mol. The molecule has 0 fully saturated rings. The highest BCUT2D eigenvalue weighted by molar-refractivity contribution is 5.87. The summed E-state index contributed by atoms with van der Waals surface area (Å²) in [7, 11) is 1.98. The van der Waals surface area contributed by atoms with Crippen molar-refractivity contribution in [2.75, 3.05) is 11.3 Å². The quantitative estimate of drug-likeness (QED) is 0.435. The molecule has 0 saturated carbocycles. The molecule has 0 aliphatic heterocycles. The molecule has 0 bridgehead atoms. The molecule has 0 aliphatic rings. The van der Waals surface area contributed by atoms with Gasteiger partial charge in [0.1, 0.15) is 5.82 Å².